The fourth-order valence-electron chi connectivity index (χ4n) is 1.93. The van der Waals surface area contributed by atoms with Crippen LogP contribution in [-0.4, -0.2) is 23.9 Å². The molecule has 1 rings (SSSR count). The summed E-state index contributed by atoms with van der Waals surface area (Å²) in [5.74, 6) is -0.00403. The third-order valence-electron chi connectivity index (χ3n) is 3.26. The van der Waals surface area contributed by atoms with Gasteiger partial charge in [0.15, 0.2) is 0 Å². The van der Waals surface area contributed by atoms with E-state index in [-0.39, 0.29) is 23.4 Å². The number of rotatable bonds is 7. The Morgan fingerprint density at radius 3 is 2.40 bits per heavy atom. The summed E-state index contributed by atoms with van der Waals surface area (Å²) >= 11 is 0. The number of nitrogens with two attached hydrogens (primary N) is 1. The van der Waals surface area contributed by atoms with E-state index in [2.05, 4.69) is 5.32 Å². The number of hydrogen-bond donors (Lipinski definition) is 2. The highest BCUT2D eigenvalue weighted by Crippen LogP contribution is 2.12. The fraction of sp³-hybridized carbons (Fsp3) is 0.500. The zero-order valence-corrected chi connectivity index (χ0v) is 11.8. The quantitative estimate of drug-likeness (QED) is 0.583. The van der Waals surface area contributed by atoms with Crippen LogP contribution >= 0.6 is 0 Å². The molecule has 0 aliphatic heterocycles. The Labute approximate surface area is 118 Å². The van der Waals surface area contributed by atoms with E-state index in [1.54, 1.807) is 12.1 Å². The van der Waals surface area contributed by atoms with Crippen molar-refractivity contribution in [3.05, 3.63) is 39.9 Å². The second-order valence-electron chi connectivity index (χ2n) is 5.05. The van der Waals surface area contributed by atoms with Gasteiger partial charge in [-0.05, 0) is 17.9 Å². The van der Waals surface area contributed by atoms with Crippen molar-refractivity contribution in [1.82, 2.24) is 5.32 Å². The standard InChI is InChI=1S/C14H21N3O3/c1-10(2)13(9-15)14(18)16-8-7-11-3-5-12(6-4-11)17(19)20/h3-6,10,13H,7-9,15H2,1-2H3,(H,16,18). The van der Waals surface area contributed by atoms with Crippen molar-refractivity contribution >= 4 is 11.6 Å². The monoisotopic (exact) mass is 279 g/mol. The Balaban J connectivity index is 2.44. The maximum atomic E-state index is 11.9. The average molecular weight is 279 g/mol. The Kier molecular flexibility index (Phi) is 6.11. The van der Waals surface area contributed by atoms with Crippen molar-refractivity contribution in [2.45, 2.75) is 20.3 Å². The second kappa shape index (κ2) is 7.59. The van der Waals surface area contributed by atoms with Crippen LogP contribution in [0.5, 0.6) is 0 Å². The molecule has 6 heteroatoms. The van der Waals surface area contributed by atoms with Crippen molar-refractivity contribution in [2.75, 3.05) is 13.1 Å². The van der Waals surface area contributed by atoms with Gasteiger partial charge in [0.05, 0.1) is 10.8 Å². The van der Waals surface area contributed by atoms with Crippen LogP contribution in [0.15, 0.2) is 24.3 Å². The van der Waals surface area contributed by atoms with Gasteiger partial charge in [0.1, 0.15) is 0 Å². The number of amides is 1. The lowest BCUT2D eigenvalue weighted by molar-refractivity contribution is -0.384. The van der Waals surface area contributed by atoms with Crippen LogP contribution in [0.2, 0.25) is 0 Å². The summed E-state index contributed by atoms with van der Waals surface area (Å²) < 4.78 is 0. The van der Waals surface area contributed by atoms with Gasteiger partial charge in [0.2, 0.25) is 5.91 Å². The Morgan fingerprint density at radius 1 is 1.35 bits per heavy atom. The first-order chi connectivity index (χ1) is 9.45. The van der Waals surface area contributed by atoms with Crippen LogP contribution in [-0.2, 0) is 11.2 Å². The molecule has 1 amide bonds. The van der Waals surface area contributed by atoms with Crippen molar-refractivity contribution in [3.63, 3.8) is 0 Å². The molecule has 0 radical (unpaired) electrons. The number of nitro groups is 1. The molecule has 0 aromatic heterocycles. The molecule has 0 saturated carbocycles. The predicted octanol–water partition coefficient (Wildman–Crippen LogP) is 1.48. The summed E-state index contributed by atoms with van der Waals surface area (Å²) in [5, 5.41) is 13.4. The topological polar surface area (TPSA) is 98.3 Å². The minimum atomic E-state index is -0.431. The van der Waals surface area contributed by atoms with E-state index >= 15 is 0 Å². The molecule has 0 bridgehead atoms. The molecule has 0 heterocycles. The van der Waals surface area contributed by atoms with Gasteiger partial charge in [-0.25, -0.2) is 0 Å². The Hall–Kier alpha value is -1.95. The van der Waals surface area contributed by atoms with E-state index in [1.807, 2.05) is 13.8 Å². The van der Waals surface area contributed by atoms with Crippen molar-refractivity contribution in [1.29, 1.82) is 0 Å². The van der Waals surface area contributed by atoms with E-state index < -0.39 is 4.92 Å². The van der Waals surface area contributed by atoms with Crippen molar-refractivity contribution < 1.29 is 9.72 Å². The number of non-ortho nitro benzene ring substituents is 1. The number of nitro benzene ring substituents is 1. The highest BCUT2D eigenvalue weighted by Gasteiger charge is 2.19. The van der Waals surface area contributed by atoms with Crippen molar-refractivity contribution in [2.24, 2.45) is 17.6 Å². The third-order valence-corrected chi connectivity index (χ3v) is 3.26. The lowest BCUT2D eigenvalue weighted by Gasteiger charge is -2.18. The van der Waals surface area contributed by atoms with Crippen LogP contribution in [0.1, 0.15) is 19.4 Å². The maximum absolute atomic E-state index is 11.9. The SMILES string of the molecule is CC(C)C(CN)C(=O)NCCc1ccc([N+](=O)[O-])cc1. The molecular weight excluding hydrogens is 258 g/mol. The highest BCUT2D eigenvalue weighted by molar-refractivity contribution is 5.79. The number of benzene rings is 1. The Bertz CT molecular complexity index is 457. The summed E-state index contributed by atoms with van der Waals surface area (Å²) in [6.45, 7) is 4.77. The summed E-state index contributed by atoms with van der Waals surface area (Å²) in [7, 11) is 0. The number of carbonyl (C=O) groups is 1. The molecule has 110 valence electrons. The van der Waals surface area contributed by atoms with Crippen LogP contribution in [0.4, 0.5) is 5.69 Å². The largest absolute Gasteiger partial charge is 0.355 e. The van der Waals surface area contributed by atoms with E-state index in [1.165, 1.54) is 12.1 Å². The molecule has 20 heavy (non-hydrogen) atoms. The van der Waals surface area contributed by atoms with Crippen LogP contribution in [0.25, 0.3) is 0 Å². The van der Waals surface area contributed by atoms with E-state index in [0.717, 1.165) is 5.56 Å². The average Bonchev–Trinajstić information content (AvgIpc) is 2.39. The lowest BCUT2D eigenvalue weighted by atomic mass is 9.95. The van der Waals surface area contributed by atoms with E-state index in [9.17, 15) is 14.9 Å². The molecule has 6 nitrogen and oxygen atoms in total. The molecule has 1 unspecified atom stereocenters. The summed E-state index contributed by atoms with van der Waals surface area (Å²) in [6, 6.07) is 6.34. The molecule has 1 aromatic carbocycles. The van der Waals surface area contributed by atoms with Crippen LogP contribution in [0.3, 0.4) is 0 Å². The molecule has 0 saturated heterocycles. The number of nitrogens with zero attached hydrogens (tertiary/aromatic N) is 1. The molecule has 1 atom stereocenters. The lowest BCUT2D eigenvalue weighted by Crippen LogP contribution is -2.38. The molecular formula is C14H21N3O3. The molecule has 0 spiro atoms. The van der Waals surface area contributed by atoms with Gasteiger partial charge in [-0.15, -0.1) is 0 Å². The summed E-state index contributed by atoms with van der Waals surface area (Å²) in [5.41, 5.74) is 6.60. The smallest absolute Gasteiger partial charge is 0.269 e. The van der Waals surface area contributed by atoms with Crippen LogP contribution < -0.4 is 11.1 Å². The van der Waals surface area contributed by atoms with E-state index in [4.69, 9.17) is 5.73 Å². The maximum Gasteiger partial charge on any atom is 0.269 e. The van der Waals surface area contributed by atoms with E-state index in [0.29, 0.717) is 19.5 Å². The normalized spacial score (nSPS) is 12.2. The summed E-state index contributed by atoms with van der Waals surface area (Å²) in [4.78, 5) is 22.0. The van der Waals surface area contributed by atoms with Crippen molar-refractivity contribution in [3.8, 4) is 0 Å². The van der Waals surface area contributed by atoms with Crippen LogP contribution in [0, 0.1) is 22.0 Å². The minimum Gasteiger partial charge on any atom is -0.355 e. The van der Waals surface area contributed by atoms with Gasteiger partial charge in [-0.2, -0.15) is 0 Å². The number of carbonyl (C=O) groups excluding carboxylic acids is 1. The molecule has 3 N–H and O–H groups in total. The zero-order chi connectivity index (χ0) is 15.1. The van der Waals surface area contributed by atoms with Gasteiger partial charge >= 0.3 is 0 Å². The third kappa shape index (κ3) is 4.62. The summed E-state index contributed by atoms with van der Waals surface area (Å²) in [6.07, 6.45) is 0.638. The molecule has 0 aliphatic rings. The fourth-order valence-corrected chi connectivity index (χ4v) is 1.93. The highest BCUT2D eigenvalue weighted by atomic mass is 16.6. The number of nitrogens with one attached hydrogen (secondary N) is 1. The molecule has 1 aromatic rings. The van der Waals surface area contributed by atoms with Gasteiger partial charge in [-0.1, -0.05) is 26.0 Å². The molecule has 0 aliphatic carbocycles. The number of hydrogen-bond acceptors (Lipinski definition) is 4. The van der Waals surface area contributed by atoms with Gasteiger partial charge < -0.3 is 11.1 Å². The van der Waals surface area contributed by atoms with Gasteiger partial charge in [0, 0.05) is 25.2 Å². The molecule has 0 fully saturated rings. The Morgan fingerprint density at radius 2 is 1.95 bits per heavy atom. The first-order valence-corrected chi connectivity index (χ1v) is 6.66. The zero-order valence-electron chi connectivity index (χ0n) is 11.8. The second-order valence-corrected chi connectivity index (χ2v) is 5.05. The first kappa shape index (κ1) is 16.1. The predicted molar refractivity (Wildman–Crippen MR) is 77.2 cm³/mol. The first-order valence-electron chi connectivity index (χ1n) is 6.66. The van der Waals surface area contributed by atoms with Gasteiger partial charge in [0.25, 0.3) is 5.69 Å². The minimum absolute atomic E-state index is 0.0376. The van der Waals surface area contributed by atoms with Gasteiger partial charge in [-0.3, -0.25) is 14.9 Å².